The number of anilines is 1. The summed E-state index contributed by atoms with van der Waals surface area (Å²) >= 11 is 1.48. The molecule has 0 bridgehead atoms. The van der Waals surface area contributed by atoms with Crippen molar-refractivity contribution in [2.24, 2.45) is 5.92 Å². The average molecular weight is 859 g/mol. The zero-order valence-corrected chi connectivity index (χ0v) is 35.8. The lowest BCUT2D eigenvalue weighted by Crippen LogP contribution is -2.57. The first kappa shape index (κ1) is 41.6. The third kappa shape index (κ3) is 8.58. The van der Waals surface area contributed by atoms with Crippen molar-refractivity contribution >= 4 is 55.7 Å². The number of carbonyl (C=O) groups is 3. The molecular weight excluding hydrogens is 808 g/mol. The van der Waals surface area contributed by atoms with Crippen LogP contribution >= 0.6 is 11.3 Å². The summed E-state index contributed by atoms with van der Waals surface area (Å²) in [6.07, 6.45) is 7.87. The van der Waals surface area contributed by atoms with Crippen LogP contribution < -0.4 is 24.8 Å². The van der Waals surface area contributed by atoms with Gasteiger partial charge in [-0.1, -0.05) is 44.9 Å². The van der Waals surface area contributed by atoms with E-state index < -0.39 is 62.5 Å². The highest BCUT2D eigenvalue weighted by molar-refractivity contribution is 7.91. The Bertz CT molecular complexity index is 2450. The number of hydrogen-bond acceptors (Lipinski definition) is 11. The molecular formula is C44H51FN6O7S2. The number of aryl methyl sites for hydroxylation is 1. The van der Waals surface area contributed by atoms with Crippen LogP contribution in [0.5, 0.6) is 11.5 Å². The molecule has 0 spiro atoms. The molecule has 8 rings (SSSR count). The number of sulfonamides is 1. The fraction of sp³-hybridized carbons (Fsp3) is 0.477. The maximum atomic E-state index is 14.8. The van der Waals surface area contributed by atoms with Crippen LogP contribution in [0, 0.1) is 18.7 Å². The molecule has 16 heteroatoms. The molecule has 5 atom stereocenters. The van der Waals surface area contributed by atoms with Gasteiger partial charge in [-0.15, -0.1) is 11.3 Å². The number of allylic oxidation sites excluding steroid dienone is 1. The second-order valence-corrected chi connectivity index (χ2v) is 19.5. The summed E-state index contributed by atoms with van der Waals surface area (Å²) in [5.41, 5.74) is 1.94. The molecule has 3 fully saturated rings. The Labute approximate surface area is 353 Å². The molecule has 2 aromatic carbocycles. The minimum Gasteiger partial charge on any atom is -0.496 e. The molecule has 60 heavy (non-hydrogen) atoms. The minimum absolute atomic E-state index is 0.0277. The summed E-state index contributed by atoms with van der Waals surface area (Å²) < 4.78 is 55.0. The second-order valence-electron chi connectivity index (χ2n) is 16.7. The Morgan fingerprint density at radius 1 is 1.07 bits per heavy atom. The summed E-state index contributed by atoms with van der Waals surface area (Å²) in [6, 6.07) is 9.59. The fourth-order valence-corrected chi connectivity index (χ4v) is 10.6. The van der Waals surface area contributed by atoms with Crippen LogP contribution in [0.4, 0.5) is 10.1 Å². The summed E-state index contributed by atoms with van der Waals surface area (Å²) in [5, 5.41) is 9.00. The summed E-state index contributed by atoms with van der Waals surface area (Å²) in [6.45, 7) is 6.10. The number of amides is 3. The van der Waals surface area contributed by atoms with Crippen LogP contribution in [0.1, 0.15) is 88.8 Å². The minimum atomic E-state index is -3.90. The standard InChI is InChI=1S/C44H51FN6O7S2/c1-25(2)35-24-59-41(48-35)34-21-38(32-17-18-37(57-4)26(3)39(32)47-34)58-30-20-36-40(52)49-44(43(54)50-60(55,56)31-15-16-31)22-27(44)11-8-6-5-7-9-14-33(42(53)51(36)23-30)46-29-13-10-12-28(45)19-29/h8,10-13,17-19,21,24-25,27,30-31,33,36,46H,5-7,9,14-16,20,22-23H2,1-4H3,(H,49,52)(H,50,54)/b11-8-/t27-,30-,33+,36+,44-/m1/s1. The van der Waals surface area contributed by atoms with E-state index in [0.29, 0.717) is 70.9 Å². The molecule has 318 valence electrons. The monoisotopic (exact) mass is 858 g/mol. The Hall–Kier alpha value is -5.09. The lowest BCUT2D eigenvalue weighted by molar-refractivity contribution is -0.140. The van der Waals surface area contributed by atoms with Gasteiger partial charge in [-0.3, -0.25) is 19.1 Å². The van der Waals surface area contributed by atoms with Gasteiger partial charge in [-0.05, 0) is 81.7 Å². The van der Waals surface area contributed by atoms with Crippen LogP contribution in [-0.2, 0) is 24.4 Å². The highest BCUT2D eigenvalue weighted by atomic mass is 32.2. The number of fused-ring (bicyclic) bond motifs is 3. The average Bonchev–Trinajstić information content (AvgIpc) is 4.09. The van der Waals surface area contributed by atoms with Gasteiger partial charge in [0.05, 0.1) is 30.1 Å². The first-order chi connectivity index (χ1) is 28.8. The first-order valence-corrected chi connectivity index (χ1v) is 23.2. The third-order valence-electron chi connectivity index (χ3n) is 12.0. The normalized spacial score (nSPS) is 25.4. The maximum absolute atomic E-state index is 14.8. The van der Waals surface area contributed by atoms with Gasteiger partial charge in [0, 0.05) is 40.4 Å². The lowest BCUT2D eigenvalue weighted by Gasteiger charge is -2.30. The van der Waals surface area contributed by atoms with E-state index >= 15 is 0 Å². The summed E-state index contributed by atoms with van der Waals surface area (Å²) in [7, 11) is -2.30. The topological polar surface area (TPSA) is 169 Å². The molecule has 1 saturated heterocycles. The van der Waals surface area contributed by atoms with Crippen LogP contribution in [0.25, 0.3) is 21.6 Å². The van der Waals surface area contributed by atoms with Crippen LogP contribution in [0.3, 0.4) is 0 Å². The Kier molecular flexibility index (Phi) is 11.6. The molecule has 2 aliphatic heterocycles. The molecule has 4 heterocycles. The second kappa shape index (κ2) is 16.8. The number of halogens is 1. The number of nitrogens with zero attached hydrogens (tertiary/aromatic N) is 3. The molecule has 0 radical (unpaired) electrons. The van der Waals surface area contributed by atoms with Gasteiger partial charge in [0.2, 0.25) is 21.8 Å². The number of benzene rings is 2. The van der Waals surface area contributed by atoms with Crippen molar-refractivity contribution < 1.29 is 36.7 Å². The number of rotatable bonds is 10. The Morgan fingerprint density at radius 2 is 1.88 bits per heavy atom. The van der Waals surface area contributed by atoms with Gasteiger partial charge in [-0.2, -0.15) is 0 Å². The van der Waals surface area contributed by atoms with E-state index in [1.165, 1.54) is 28.4 Å². The Morgan fingerprint density at radius 3 is 2.62 bits per heavy atom. The quantitative estimate of drug-likeness (QED) is 0.145. The van der Waals surface area contributed by atoms with Crippen molar-refractivity contribution in [1.82, 2.24) is 24.9 Å². The molecule has 2 aromatic heterocycles. The molecule has 2 saturated carbocycles. The van der Waals surface area contributed by atoms with Gasteiger partial charge in [0.15, 0.2) is 0 Å². The first-order valence-electron chi connectivity index (χ1n) is 20.7. The Balaban J connectivity index is 1.15. The van der Waals surface area contributed by atoms with E-state index in [9.17, 15) is 27.2 Å². The van der Waals surface area contributed by atoms with Crippen molar-refractivity contribution in [3.8, 4) is 22.2 Å². The number of aromatic nitrogens is 2. The smallest absolute Gasteiger partial charge is 0.259 e. The number of hydrogen-bond donors (Lipinski definition) is 3. The van der Waals surface area contributed by atoms with Crippen molar-refractivity contribution in [3.05, 3.63) is 77.1 Å². The lowest BCUT2D eigenvalue weighted by atomic mass is 10.0. The van der Waals surface area contributed by atoms with Gasteiger partial charge in [0.1, 0.15) is 51.7 Å². The number of thiazole rings is 1. The molecule has 2 aliphatic carbocycles. The number of carbonyl (C=O) groups excluding carboxylic acids is 3. The predicted molar refractivity (Wildman–Crippen MR) is 228 cm³/mol. The van der Waals surface area contributed by atoms with E-state index in [4.69, 9.17) is 19.4 Å². The van der Waals surface area contributed by atoms with Crippen LogP contribution in [-0.4, -0.2) is 83.6 Å². The number of methoxy groups -OCH3 is 1. The van der Waals surface area contributed by atoms with Crippen molar-refractivity contribution in [2.75, 3.05) is 19.0 Å². The molecule has 4 aromatic rings. The van der Waals surface area contributed by atoms with Gasteiger partial charge < -0.3 is 25.0 Å². The van der Waals surface area contributed by atoms with E-state index in [-0.39, 0.29) is 31.2 Å². The largest absolute Gasteiger partial charge is 0.496 e. The van der Waals surface area contributed by atoms with E-state index in [1.54, 1.807) is 19.2 Å². The number of ether oxygens (including phenoxy) is 2. The molecule has 13 nitrogen and oxygen atoms in total. The zero-order valence-electron chi connectivity index (χ0n) is 34.2. The summed E-state index contributed by atoms with van der Waals surface area (Å²) in [5.74, 6) is -1.25. The molecule has 0 unspecified atom stereocenters. The van der Waals surface area contributed by atoms with Crippen LogP contribution in [0.15, 0.2) is 60.0 Å². The molecule has 4 aliphatic rings. The van der Waals surface area contributed by atoms with E-state index in [0.717, 1.165) is 24.1 Å². The van der Waals surface area contributed by atoms with Crippen LogP contribution in [0.2, 0.25) is 0 Å². The SMILES string of the molecule is COc1ccc2c(O[C@@H]3C[C@H]4C(=O)N[C@]5(C(=O)NS(=O)(=O)C6CC6)C[C@H]5/C=C\CCCCC[C@H](Nc5cccc(F)c5)C(=O)N4C3)cc(-c3nc(C(C)C)cs3)nc2c1C. The van der Waals surface area contributed by atoms with E-state index in [1.807, 2.05) is 42.7 Å². The molecule has 3 N–H and O–H groups in total. The van der Waals surface area contributed by atoms with E-state index in [2.05, 4.69) is 29.2 Å². The van der Waals surface area contributed by atoms with Crippen molar-refractivity contribution in [2.45, 2.75) is 113 Å². The zero-order chi connectivity index (χ0) is 42.3. The predicted octanol–water partition coefficient (Wildman–Crippen LogP) is 6.77. The highest BCUT2D eigenvalue weighted by Gasteiger charge is 2.62. The van der Waals surface area contributed by atoms with Gasteiger partial charge >= 0.3 is 0 Å². The number of nitrogens with one attached hydrogen (secondary N) is 3. The fourth-order valence-electron chi connectivity index (χ4n) is 8.28. The third-order valence-corrected chi connectivity index (χ3v) is 14.7. The number of pyridine rings is 1. The summed E-state index contributed by atoms with van der Waals surface area (Å²) in [4.78, 5) is 54.7. The van der Waals surface area contributed by atoms with Gasteiger partial charge in [-0.25, -0.2) is 22.8 Å². The molecule has 3 amide bonds. The maximum Gasteiger partial charge on any atom is 0.259 e. The van der Waals surface area contributed by atoms with Crippen molar-refractivity contribution in [3.63, 3.8) is 0 Å². The highest BCUT2D eigenvalue weighted by Crippen LogP contribution is 2.46. The van der Waals surface area contributed by atoms with Crippen molar-refractivity contribution in [1.29, 1.82) is 0 Å². The van der Waals surface area contributed by atoms with Gasteiger partial charge in [0.25, 0.3) is 5.91 Å².